The average molecular weight is 376 g/mol. The lowest BCUT2D eigenvalue weighted by Crippen LogP contribution is -2.10. The Labute approximate surface area is 163 Å². The third-order valence-electron chi connectivity index (χ3n) is 4.12. The zero-order valence-electron chi connectivity index (χ0n) is 15.7. The molecule has 0 N–H and O–H groups in total. The second-order valence-electron chi connectivity index (χ2n) is 5.92. The van der Waals surface area contributed by atoms with Crippen LogP contribution in [-0.2, 0) is 9.47 Å². The normalized spacial score (nSPS) is 10.3. The number of aromatic nitrogens is 1. The highest BCUT2D eigenvalue weighted by molar-refractivity contribution is 5.93. The van der Waals surface area contributed by atoms with E-state index in [1.807, 2.05) is 47.2 Å². The molecule has 0 aliphatic heterocycles. The molecule has 0 unspecified atom stereocenters. The van der Waals surface area contributed by atoms with E-state index in [4.69, 9.17) is 14.2 Å². The van der Waals surface area contributed by atoms with Gasteiger partial charge in [0.2, 0.25) is 0 Å². The van der Waals surface area contributed by atoms with Gasteiger partial charge in [0, 0.05) is 30.8 Å². The SMILES string of the molecule is CCOC(=O)c1cc(-n2cc(C#N)c(-c3ccccc3)c2)ccc1OCOC. The van der Waals surface area contributed by atoms with Crippen LogP contribution in [0.15, 0.2) is 60.9 Å². The Kier molecular flexibility index (Phi) is 6.10. The molecule has 0 aliphatic rings. The number of hydrogen-bond acceptors (Lipinski definition) is 5. The number of benzene rings is 2. The van der Waals surface area contributed by atoms with Crippen molar-refractivity contribution in [3.8, 4) is 28.6 Å². The van der Waals surface area contributed by atoms with Crippen molar-refractivity contribution in [2.45, 2.75) is 6.92 Å². The number of rotatable bonds is 7. The molecule has 2 aromatic carbocycles. The van der Waals surface area contributed by atoms with Crippen LogP contribution in [0.5, 0.6) is 5.75 Å². The number of carbonyl (C=O) groups excluding carboxylic acids is 1. The Morgan fingerprint density at radius 3 is 2.61 bits per heavy atom. The lowest BCUT2D eigenvalue weighted by molar-refractivity contribution is 0.0438. The number of carbonyl (C=O) groups is 1. The van der Waals surface area contributed by atoms with Crippen LogP contribution in [0.4, 0.5) is 0 Å². The van der Waals surface area contributed by atoms with E-state index >= 15 is 0 Å². The average Bonchev–Trinajstić information content (AvgIpc) is 3.17. The van der Waals surface area contributed by atoms with Crippen molar-refractivity contribution in [1.29, 1.82) is 5.26 Å². The maximum atomic E-state index is 12.4. The van der Waals surface area contributed by atoms with Gasteiger partial charge in [0.1, 0.15) is 17.4 Å². The van der Waals surface area contributed by atoms with Gasteiger partial charge in [0.15, 0.2) is 6.79 Å². The maximum Gasteiger partial charge on any atom is 0.341 e. The van der Waals surface area contributed by atoms with Crippen molar-refractivity contribution in [1.82, 2.24) is 4.57 Å². The zero-order chi connectivity index (χ0) is 19.9. The van der Waals surface area contributed by atoms with Crippen LogP contribution in [0.3, 0.4) is 0 Å². The number of hydrogen-bond donors (Lipinski definition) is 0. The van der Waals surface area contributed by atoms with Gasteiger partial charge in [0.05, 0.1) is 12.2 Å². The van der Waals surface area contributed by atoms with E-state index in [9.17, 15) is 10.1 Å². The fraction of sp³-hybridized carbons (Fsp3) is 0.182. The van der Waals surface area contributed by atoms with E-state index in [1.165, 1.54) is 7.11 Å². The van der Waals surface area contributed by atoms with Crippen molar-refractivity contribution in [2.24, 2.45) is 0 Å². The molecule has 142 valence electrons. The molecule has 0 spiro atoms. The summed E-state index contributed by atoms with van der Waals surface area (Å²) >= 11 is 0. The van der Waals surface area contributed by atoms with E-state index < -0.39 is 5.97 Å². The summed E-state index contributed by atoms with van der Waals surface area (Å²) in [7, 11) is 1.51. The van der Waals surface area contributed by atoms with E-state index in [0.717, 1.165) is 11.1 Å². The first kappa shape index (κ1) is 19.2. The van der Waals surface area contributed by atoms with Gasteiger partial charge < -0.3 is 18.8 Å². The lowest BCUT2D eigenvalue weighted by atomic mass is 10.1. The van der Waals surface area contributed by atoms with E-state index in [0.29, 0.717) is 22.6 Å². The molecule has 6 heteroatoms. The summed E-state index contributed by atoms with van der Waals surface area (Å²) in [6.45, 7) is 2.02. The van der Waals surface area contributed by atoms with Crippen LogP contribution >= 0.6 is 0 Å². The molecule has 0 saturated carbocycles. The number of nitriles is 1. The molecular formula is C22H20N2O4. The van der Waals surface area contributed by atoms with Gasteiger partial charge in [-0.05, 0) is 30.7 Å². The summed E-state index contributed by atoms with van der Waals surface area (Å²) in [6.07, 6.45) is 3.61. The molecule has 3 rings (SSSR count). The highest BCUT2D eigenvalue weighted by Crippen LogP contribution is 2.28. The Hall–Kier alpha value is -3.56. The third kappa shape index (κ3) is 4.05. The Bertz CT molecular complexity index is 1000. The van der Waals surface area contributed by atoms with Gasteiger partial charge in [-0.3, -0.25) is 0 Å². The maximum absolute atomic E-state index is 12.4. The van der Waals surface area contributed by atoms with Gasteiger partial charge in [-0.25, -0.2) is 4.79 Å². The Morgan fingerprint density at radius 1 is 1.14 bits per heavy atom. The highest BCUT2D eigenvalue weighted by Gasteiger charge is 2.17. The molecule has 28 heavy (non-hydrogen) atoms. The predicted octanol–water partition coefficient (Wildman–Crippen LogP) is 4.18. The molecule has 0 aliphatic carbocycles. The van der Waals surface area contributed by atoms with Crippen LogP contribution in [0.2, 0.25) is 0 Å². The molecule has 0 saturated heterocycles. The summed E-state index contributed by atoms with van der Waals surface area (Å²) in [5.74, 6) is -0.105. The van der Waals surface area contributed by atoms with Crippen LogP contribution in [0.1, 0.15) is 22.8 Å². The molecule has 0 amide bonds. The second-order valence-corrected chi connectivity index (χ2v) is 5.92. The smallest absolute Gasteiger partial charge is 0.341 e. The second kappa shape index (κ2) is 8.89. The summed E-state index contributed by atoms with van der Waals surface area (Å²) < 4.78 is 17.3. The van der Waals surface area contributed by atoms with Gasteiger partial charge >= 0.3 is 5.97 Å². The molecule has 1 heterocycles. The topological polar surface area (TPSA) is 73.5 Å². The molecular weight excluding hydrogens is 356 g/mol. The first-order valence-corrected chi connectivity index (χ1v) is 8.78. The first-order valence-electron chi connectivity index (χ1n) is 8.78. The van der Waals surface area contributed by atoms with Gasteiger partial charge in [0.25, 0.3) is 0 Å². The van der Waals surface area contributed by atoms with Crippen LogP contribution < -0.4 is 4.74 Å². The first-order chi connectivity index (χ1) is 13.7. The van der Waals surface area contributed by atoms with Crippen molar-refractivity contribution in [3.05, 3.63) is 72.1 Å². The standard InChI is InChI=1S/C22H20N2O4/c1-3-27-22(25)19-11-18(9-10-21(19)28-15-26-2)24-13-17(12-23)20(14-24)16-7-5-4-6-8-16/h4-11,13-14H,3,15H2,1-2H3. The minimum absolute atomic E-state index is 0.0198. The van der Waals surface area contributed by atoms with E-state index in [-0.39, 0.29) is 13.4 Å². The quantitative estimate of drug-likeness (QED) is 0.457. The summed E-state index contributed by atoms with van der Waals surface area (Å²) in [5, 5.41) is 9.52. The third-order valence-corrected chi connectivity index (χ3v) is 4.12. The van der Waals surface area contributed by atoms with Crippen LogP contribution in [0.25, 0.3) is 16.8 Å². The molecule has 6 nitrogen and oxygen atoms in total. The van der Waals surface area contributed by atoms with Crippen molar-refractivity contribution in [2.75, 3.05) is 20.5 Å². The van der Waals surface area contributed by atoms with Crippen LogP contribution in [-0.4, -0.2) is 31.0 Å². The van der Waals surface area contributed by atoms with Crippen molar-refractivity contribution >= 4 is 5.97 Å². The minimum atomic E-state index is -0.480. The largest absolute Gasteiger partial charge is 0.467 e. The summed E-state index contributed by atoms with van der Waals surface area (Å²) in [6, 6.07) is 17.1. The van der Waals surface area contributed by atoms with Crippen LogP contribution in [0, 0.1) is 11.3 Å². The highest BCUT2D eigenvalue weighted by atomic mass is 16.7. The number of esters is 1. The molecule has 0 fully saturated rings. The molecule has 0 atom stereocenters. The molecule has 1 aromatic heterocycles. The van der Waals surface area contributed by atoms with Gasteiger partial charge in [-0.1, -0.05) is 30.3 Å². The number of nitrogens with zero attached hydrogens (tertiary/aromatic N) is 2. The minimum Gasteiger partial charge on any atom is -0.467 e. The van der Waals surface area contributed by atoms with E-state index in [2.05, 4.69) is 6.07 Å². The van der Waals surface area contributed by atoms with Crippen molar-refractivity contribution < 1.29 is 19.0 Å². The molecule has 0 bridgehead atoms. The predicted molar refractivity (Wildman–Crippen MR) is 104 cm³/mol. The number of ether oxygens (including phenoxy) is 3. The summed E-state index contributed by atoms with van der Waals surface area (Å²) in [4.78, 5) is 12.4. The van der Waals surface area contributed by atoms with Gasteiger partial charge in [-0.2, -0.15) is 5.26 Å². The fourth-order valence-electron chi connectivity index (χ4n) is 2.84. The fourth-order valence-corrected chi connectivity index (χ4v) is 2.84. The monoisotopic (exact) mass is 376 g/mol. The van der Waals surface area contributed by atoms with Crippen molar-refractivity contribution in [3.63, 3.8) is 0 Å². The molecule has 3 aromatic rings. The van der Waals surface area contributed by atoms with Gasteiger partial charge in [-0.15, -0.1) is 0 Å². The summed E-state index contributed by atoms with van der Waals surface area (Å²) in [5.41, 5.74) is 3.32. The number of methoxy groups -OCH3 is 1. The Morgan fingerprint density at radius 2 is 1.93 bits per heavy atom. The lowest BCUT2D eigenvalue weighted by Gasteiger charge is -2.12. The zero-order valence-corrected chi connectivity index (χ0v) is 15.7. The van der Waals surface area contributed by atoms with E-state index in [1.54, 1.807) is 25.3 Å². The molecule has 0 radical (unpaired) electrons. The Balaban J connectivity index is 2.04.